The molecule has 26 heavy (non-hydrogen) atoms. The van der Waals surface area contributed by atoms with Crippen LogP contribution in [0.5, 0.6) is 0 Å². The fraction of sp³-hybridized carbons (Fsp3) is 0.632. The largest absolute Gasteiger partial charge is 0.405 e. The Hall–Kier alpha value is -1.60. The van der Waals surface area contributed by atoms with E-state index in [0.29, 0.717) is 32.6 Å². The standard InChI is InChI=1S/C19H26F3N3O/c1-18(8-4-6-14-5-2-3-7-15(14)18)17(26)24-13-16(19(20,21)22)25-11-9-23-10-12-25/h2-3,5,7,16,23H,4,6,8-13H2,1H3,(H,24,26). The Morgan fingerprint density at radius 3 is 2.69 bits per heavy atom. The molecule has 1 amide bonds. The number of nitrogens with one attached hydrogen (secondary N) is 2. The summed E-state index contributed by atoms with van der Waals surface area (Å²) in [4.78, 5) is 14.3. The third-order valence-electron chi connectivity index (χ3n) is 5.66. The number of amides is 1. The third kappa shape index (κ3) is 3.88. The molecule has 1 aromatic carbocycles. The normalized spacial score (nSPS) is 25.4. The van der Waals surface area contributed by atoms with Crippen LogP contribution in [0.4, 0.5) is 13.2 Å². The monoisotopic (exact) mass is 369 g/mol. The summed E-state index contributed by atoms with van der Waals surface area (Å²) in [7, 11) is 0. The second kappa shape index (κ2) is 7.56. The van der Waals surface area contributed by atoms with Crippen LogP contribution in [0.1, 0.15) is 30.9 Å². The van der Waals surface area contributed by atoms with Crippen molar-refractivity contribution in [3.8, 4) is 0 Å². The minimum absolute atomic E-state index is 0.311. The molecule has 144 valence electrons. The van der Waals surface area contributed by atoms with Gasteiger partial charge in [-0.2, -0.15) is 13.2 Å². The first kappa shape index (κ1) is 19.2. The molecule has 1 fully saturated rings. The van der Waals surface area contributed by atoms with Crippen molar-refractivity contribution in [2.45, 2.75) is 43.8 Å². The van der Waals surface area contributed by atoms with Crippen LogP contribution in [-0.4, -0.2) is 55.7 Å². The Labute approximate surface area is 152 Å². The molecule has 1 heterocycles. The van der Waals surface area contributed by atoms with Crippen molar-refractivity contribution in [3.05, 3.63) is 35.4 Å². The molecule has 2 aliphatic rings. The van der Waals surface area contributed by atoms with Crippen LogP contribution in [0.15, 0.2) is 24.3 Å². The molecule has 2 unspecified atom stereocenters. The molecule has 1 saturated heterocycles. The van der Waals surface area contributed by atoms with Crippen LogP contribution in [-0.2, 0) is 16.6 Å². The van der Waals surface area contributed by atoms with E-state index < -0.39 is 24.2 Å². The SMILES string of the molecule is CC1(C(=O)NCC(N2CCNCC2)C(F)(F)F)CCCc2ccccc21. The average molecular weight is 369 g/mol. The first-order chi connectivity index (χ1) is 12.3. The molecule has 2 atom stereocenters. The first-order valence-corrected chi connectivity index (χ1v) is 9.20. The molecule has 0 aromatic heterocycles. The summed E-state index contributed by atoms with van der Waals surface area (Å²) in [5.74, 6) is -0.311. The number of alkyl halides is 3. The number of rotatable bonds is 4. The van der Waals surface area contributed by atoms with Gasteiger partial charge in [0.1, 0.15) is 6.04 Å². The van der Waals surface area contributed by atoms with Crippen LogP contribution in [0.2, 0.25) is 0 Å². The highest BCUT2D eigenvalue weighted by molar-refractivity contribution is 5.88. The number of benzene rings is 1. The molecule has 1 aliphatic carbocycles. The molecule has 0 saturated carbocycles. The summed E-state index contributed by atoms with van der Waals surface area (Å²) in [6.07, 6.45) is -1.94. The van der Waals surface area contributed by atoms with E-state index in [-0.39, 0.29) is 5.91 Å². The molecule has 1 aliphatic heterocycles. The molecule has 3 rings (SSSR count). The number of carbonyl (C=O) groups is 1. The van der Waals surface area contributed by atoms with Crippen molar-refractivity contribution in [3.63, 3.8) is 0 Å². The number of carbonyl (C=O) groups excluding carboxylic acids is 1. The summed E-state index contributed by atoms with van der Waals surface area (Å²) in [6.45, 7) is 3.17. The average Bonchev–Trinajstić information content (AvgIpc) is 2.62. The highest BCUT2D eigenvalue weighted by Crippen LogP contribution is 2.37. The zero-order valence-electron chi connectivity index (χ0n) is 15.0. The summed E-state index contributed by atoms with van der Waals surface area (Å²) in [6, 6.07) is 6.10. The molecule has 1 aromatic rings. The Morgan fingerprint density at radius 1 is 1.31 bits per heavy atom. The number of piperazine rings is 1. The van der Waals surface area contributed by atoms with Gasteiger partial charge in [0.05, 0.1) is 5.41 Å². The molecule has 0 spiro atoms. The highest BCUT2D eigenvalue weighted by atomic mass is 19.4. The predicted molar refractivity (Wildman–Crippen MR) is 94.0 cm³/mol. The maximum atomic E-state index is 13.5. The van der Waals surface area contributed by atoms with E-state index in [9.17, 15) is 18.0 Å². The minimum Gasteiger partial charge on any atom is -0.353 e. The third-order valence-corrected chi connectivity index (χ3v) is 5.66. The van der Waals surface area contributed by atoms with Crippen LogP contribution < -0.4 is 10.6 Å². The van der Waals surface area contributed by atoms with Crippen molar-refractivity contribution in [1.29, 1.82) is 0 Å². The van der Waals surface area contributed by atoms with Crippen molar-refractivity contribution in [2.75, 3.05) is 32.7 Å². The summed E-state index contributed by atoms with van der Waals surface area (Å²) in [5, 5.41) is 5.67. The van der Waals surface area contributed by atoms with Gasteiger partial charge in [-0.3, -0.25) is 9.69 Å². The molecular weight excluding hydrogens is 343 g/mol. The number of halogens is 3. The second-order valence-electron chi connectivity index (χ2n) is 7.40. The van der Waals surface area contributed by atoms with E-state index in [1.54, 1.807) is 0 Å². The lowest BCUT2D eigenvalue weighted by molar-refractivity contribution is -0.184. The van der Waals surface area contributed by atoms with E-state index in [4.69, 9.17) is 0 Å². The van der Waals surface area contributed by atoms with E-state index in [1.165, 1.54) is 4.90 Å². The Kier molecular flexibility index (Phi) is 5.58. The van der Waals surface area contributed by atoms with Crippen molar-refractivity contribution < 1.29 is 18.0 Å². The Balaban J connectivity index is 1.72. The Bertz CT molecular complexity index is 643. The fourth-order valence-electron chi connectivity index (χ4n) is 4.11. The van der Waals surface area contributed by atoms with Gasteiger partial charge in [0.15, 0.2) is 0 Å². The maximum Gasteiger partial charge on any atom is 0.405 e. The molecule has 0 radical (unpaired) electrons. The maximum absolute atomic E-state index is 13.5. The van der Waals surface area contributed by atoms with Crippen molar-refractivity contribution in [1.82, 2.24) is 15.5 Å². The first-order valence-electron chi connectivity index (χ1n) is 9.20. The zero-order chi connectivity index (χ0) is 18.8. The van der Waals surface area contributed by atoms with E-state index in [1.807, 2.05) is 31.2 Å². The number of hydrogen-bond acceptors (Lipinski definition) is 3. The van der Waals surface area contributed by atoms with Gasteiger partial charge in [-0.05, 0) is 37.3 Å². The highest BCUT2D eigenvalue weighted by Gasteiger charge is 2.45. The fourth-order valence-corrected chi connectivity index (χ4v) is 4.11. The summed E-state index contributed by atoms with van der Waals surface area (Å²) >= 11 is 0. The Morgan fingerprint density at radius 2 is 2.00 bits per heavy atom. The van der Waals surface area contributed by atoms with Crippen molar-refractivity contribution >= 4 is 5.91 Å². The number of hydrogen-bond donors (Lipinski definition) is 2. The molecule has 7 heteroatoms. The van der Waals surface area contributed by atoms with Gasteiger partial charge in [0, 0.05) is 32.7 Å². The van der Waals surface area contributed by atoms with Crippen LogP contribution in [0.25, 0.3) is 0 Å². The number of fused-ring (bicyclic) bond motifs is 1. The van der Waals surface area contributed by atoms with Gasteiger partial charge >= 0.3 is 6.18 Å². The topological polar surface area (TPSA) is 44.4 Å². The lowest BCUT2D eigenvalue weighted by Crippen LogP contribution is -2.58. The van der Waals surface area contributed by atoms with Gasteiger partial charge in [-0.1, -0.05) is 24.3 Å². The second-order valence-corrected chi connectivity index (χ2v) is 7.40. The molecule has 2 N–H and O–H groups in total. The predicted octanol–water partition coefficient (Wildman–Crippen LogP) is 2.23. The molecular formula is C19H26F3N3O. The van der Waals surface area contributed by atoms with Gasteiger partial charge < -0.3 is 10.6 Å². The van der Waals surface area contributed by atoms with Gasteiger partial charge in [0.2, 0.25) is 5.91 Å². The van der Waals surface area contributed by atoms with E-state index >= 15 is 0 Å². The summed E-state index contributed by atoms with van der Waals surface area (Å²) in [5.41, 5.74) is 1.29. The van der Waals surface area contributed by atoms with E-state index in [2.05, 4.69) is 10.6 Å². The molecule has 0 bridgehead atoms. The van der Waals surface area contributed by atoms with Gasteiger partial charge in [-0.15, -0.1) is 0 Å². The smallest absolute Gasteiger partial charge is 0.353 e. The van der Waals surface area contributed by atoms with Gasteiger partial charge in [-0.25, -0.2) is 0 Å². The lowest BCUT2D eigenvalue weighted by Gasteiger charge is -2.38. The lowest BCUT2D eigenvalue weighted by atomic mass is 9.70. The van der Waals surface area contributed by atoms with Crippen molar-refractivity contribution in [2.24, 2.45) is 0 Å². The van der Waals surface area contributed by atoms with E-state index in [0.717, 1.165) is 24.0 Å². The quantitative estimate of drug-likeness (QED) is 0.856. The van der Waals surface area contributed by atoms with Crippen LogP contribution in [0, 0.1) is 0 Å². The van der Waals surface area contributed by atoms with Crippen LogP contribution in [0.3, 0.4) is 0 Å². The van der Waals surface area contributed by atoms with Gasteiger partial charge in [0.25, 0.3) is 0 Å². The zero-order valence-corrected chi connectivity index (χ0v) is 15.0. The number of aryl methyl sites for hydroxylation is 1. The molecule has 4 nitrogen and oxygen atoms in total. The number of nitrogens with zero attached hydrogens (tertiary/aromatic N) is 1. The minimum atomic E-state index is -4.37. The summed E-state index contributed by atoms with van der Waals surface area (Å²) < 4.78 is 40.6. The van der Waals surface area contributed by atoms with Crippen LogP contribution >= 0.6 is 0 Å².